The van der Waals surface area contributed by atoms with Crippen LogP contribution in [0.25, 0.3) is 11.8 Å². The van der Waals surface area contributed by atoms with Crippen molar-refractivity contribution in [3.63, 3.8) is 0 Å². The van der Waals surface area contributed by atoms with Crippen LogP contribution in [0.1, 0.15) is 37.1 Å². The van der Waals surface area contributed by atoms with Gasteiger partial charge < -0.3 is 14.2 Å². The van der Waals surface area contributed by atoms with E-state index in [1.807, 2.05) is 46.9 Å². The molecule has 1 saturated heterocycles. The number of carbonyl (C=O) groups excluding carboxylic acids is 1. The summed E-state index contributed by atoms with van der Waals surface area (Å²) in [7, 11) is 1.64. The number of methoxy groups -OCH3 is 1. The molecule has 166 valence electrons. The number of hydrogen-bond acceptors (Lipinski definition) is 3. The molecule has 1 fully saturated rings. The number of halogens is 1. The van der Waals surface area contributed by atoms with E-state index in [2.05, 4.69) is 18.8 Å². The molecule has 32 heavy (non-hydrogen) atoms. The van der Waals surface area contributed by atoms with Gasteiger partial charge in [0.1, 0.15) is 11.6 Å². The molecule has 0 aliphatic carbocycles. The summed E-state index contributed by atoms with van der Waals surface area (Å²) < 4.78 is 20.8. The maximum absolute atomic E-state index is 13.4. The number of ether oxygens (including phenoxy) is 1. The third-order valence-electron chi connectivity index (χ3n) is 6.05. The third kappa shape index (κ3) is 4.44. The maximum atomic E-state index is 13.4. The van der Waals surface area contributed by atoms with Gasteiger partial charge in [0.15, 0.2) is 0 Å². The zero-order valence-electron chi connectivity index (χ0n) is 18.9. The molecule has 4 rings (SSSR count). The van der Waals surface area contributed by atoms with Crippen LogP contribution in [0, 0.1) is 18.7 Å². The van der Waals surface area contributed by atoms with Crippen LogP contribution in [0.3, 0.4) is 0 Å². The summed E-state index contributed by atoms with van der Waals surface area (Å²) in [6, 6.07) is 12.4. The SMILES string of the molecule is COc1cc(/C=C2/C(=O)N(Cc3ccc(F)cc3)C(C)CC2C)ccc1-n1cnc(C)c1. The first-order chi connectivity index (χ1) is 15.4. The minimum Gasteiger partial charge on any atom is -0.495 e. The van der Waals surface area contributed by atoms with Crippen molar-refractivity contribution in [2.24, 2.45) is 5.92 Å². The van der Waals surface area contributed by atoms with Gasteiger partial charge in [-0.3, -0.25) is 4.79 Å². The summed E-state index contributed by atoms with van der Waals surface area (Å²) in [5.74, 6) is 0.603. The first kappa shape index (κ1) is 21.8. The Bertz CT molecular complexity index is 1150. The molecule has 0 spiro atoms. The van der Waals surface area contributed by atoms with Crippen molar-refractivity contribution >= 4 is 12.0 Å². The van der Waals surface area contributed by atoms with Gasteiger partial charge in [-0.05, 0) is 67.7 Å². The maximum Gasteiger partial charge on any atom is 0.250 e. The molecule has 6 heteroatoms. The molecule has 0 saturated carbocycles. The Morgan fingerprint density at radius 2 is 1.94 bits per heavy atom. The largest absolute Gasteiger partial charge is 0.495 e. The van der Waals surface area contributed by atoms with Gasteiger partial charge in [-0.2, -0.15) is 0 Å². The lowest BCUT2D eigenvalue weighted by molar-refractivity contribution is -0.132. The molecule has 0 radical (unpaired) electrons. The summed E-state index contributed by atoms with van der Waals surface area (Å²) in [4.78, 5) is 19.6. The van der Waals surface area contributed by atoms with E-state index >= 15 is 0 Å². The van der Waals surface area contributed by atoms with E-state index in [1.54, 1.807) is 25.6 Å². The second-order valence-corrected chi connectivity index (χ2v) is 8.50. The van der Waals surface area contributed by atoms with E-state index in [4.69, 9.17) is 4.74 Å². The fourth-order valence-corrected chi connectivity index (χ4v) is 4.29. The first-order valence-electron chi connectivity index (χ1n) is 10.8. The smallest absolute Gasteiger partial charge is 0.250 e. The number of nitrogens with zero attached hydrogens (tertiary/aromatic N) is 3. The van der Waals surface area contributed by atoms with Crippen molar-refractivity contribution in [1.29, 1.82) is 0 Å². The van der Waals surface area contributed by atoms with Gasteiger partial charge in [0.25, 0.3) is 5.91 Å². The number of benzene rings is 2. The Kier molecular flexibility index (Phi) is 6.12. The predicted octanol–water partition coefficient (Wildman–Crippen LogP) is 5.17. The average Bonchev–Trinajstić information content (AvgIpc) is 3.21. The summed E-state index contributed by atoms with van der Waals surface area (Å²) in [6.45, 7) is 6.57. The molecule has 2 aromatic carbocycles. The third-order valence-corrected chi connectivity index (χ3v) is 6.05. The van der Waals surface area contributed by atoms with Crippen LogP contribution in [0.5, 0.6) is 5.75 Å². The Labute approximate surface area is 188 Å². The number of rotatable bonds is 5. The number of piperidine rings is 1. The highest BCUT2D eigenvalue weighted by molar-refractivity contribution is 5.99. The van der Waals surface area contributed by atoms with Gasteiger partial charge in [0.2, 0.25) is 0 Å². The summed E-state index contributed by atoms with van der Waals surface area (Å²) in [5.41, 5.74) is 4.43. The van der Waals surface area contributed by atoms with Crippen LogP contribution >= 0.6 is 0 Å². The molecular formula is C26H28FN3O2. The monoisotopic (exact) mass is 433 g/mol. The highest BCUT2D eigenvalue weighted by atomic mass is 19.1. The van der Waals surface area contributed by atoms with Crippen molar-refractivity contribution < 1.29 is 13.9 Å². The van der Waals surface area contributed by atoms with Gasteiger partial charge in [-0.25, -0.2) is 9.37 Å². The summed E-state index contributed by atoms with van der Waals surface area (Å²) >= 11 is 0. The van der Waals surface area contributed by atoms with Crippen LogP contribution in [0.4, 0.5) is 4.39 Å². The highest BCUT2D eigenvalue weighted by Gasteiger charge is 2.33. The number of imidazole rings is 1. The minimum absolute atomic E-state index is 0.0221. The normalized spacial score (nSPS) is 20.1. The lowest BCUT2D eigenvalue weighted by atomic mass is 9.86. The molecule has 1 aliphatic rings. The molecule has 2 atom stereocenters. The molecule has 1 aromatic heterocycles. The zero-order valence-corrected chi connectivity index (χ0v) is 18.9. The van der Waals surface area contributed by atoms with Crippen molar-refractivity contribution in [1.82, 2.24) is 14.5 Å². The van der Waals surface area contributed by atoms with Crippen LogP contribution in [-0.4, -0.2) is 33.5 Å². The predicted molar refractivity (Wildman–Crippen MR) is 123 cm³/mol. The number of likely N-dealkylation sites (tertiary alicyclic amines) is 1. The Balaban J connectivity index is 1.63. The summed E-state index contributed by atoms with van der Waals surface area (Å²) in [5, 5.41) is 0. The number of aromatic nitrogens is 2. The fraction of sp³-hybridized carbons (Fsp3) is 0.308. The van der Waals surface area contributed by atoms with Crippen LogP contribution in [0.2, 0.25) is 0 Å². The molecule has 0 bridgehead atoms. The molecule has 1 aliphatic heterocycles. The Hall–Kier alpha value is -3.41. The zero-order chi connectivity index (χ0) is 22.8. The lowest BCUT2D eigenvalue weighted by Crippen LogP contribution is -2.45. The molecule has 2 unspecified atom stereocenters. The van der Waals surface area contributed by atoms with Gasteiger partial charge in [-0.15, -0.1) is 0 Å². The molecule has 1 amide bonds. The van der Waals surface area contributed by atoms with E-state index < -0.39 is 0 Å². The molecule has 5 nitrogen and oxygen atoms in total. The van der Waals surface area contributed by atoms with Crippen molar-refractivity contribution in [3.05, 3.63) is 83.2 Å². The summed E-state index contributed by atoms with van der Waals surface area (Å²) in [6.07, 6.45) is 6.54. The Morgan fingerprint density at radius 1 is 1.19 bits per heavy atom. The second kappa shape index (κ2) is 8.99. The lowest BCUT2D eigenvalue weighted by Gasteiger charge is -2.38. The van der Waals surface area contributed by atoms with Crippen molar-refractivity contribution in [3.8, 4) is 11.4 Å². The van der Waals surface area contributed by atoms with Crippen LogP contribution in [0.15, 0.2) is 60.6 Å². The van der Waals surface area contributed by atoms with Gasteiger partial charge in [0.05, 0.1) is 24.8 Å². The van der Waals surface area contributed by atoms with Gasteiger partial charge >= 0.3 is 0 Å². The van der Waals surface area contributed by atoms with Gasteiger partial charge in [-0.1, -0.05) is 25.1 Å². The van der Waals surface area contributed by atoms with E-state index in [0.717, 1.165) is 34.5 Å². The first-order valence-corrected chi connectivity index (χ1v) is 10.8. The standard InChI is InChI=1S/C26H28FN3O2/c1-17-11-19(3)30(15-20-5-8-22(27)9-6-20)26(31)23(17)12-21-7-10-24(25(13-21)32-4)29-14-18(2)28-16-29/h5-10,12-14,16-17,19H,11,15H2,1-4H3/b23-12+. The van der Waals surface area contributed by atoms with Crippen LogP contribution in [-0.2, 0) is 11.3 Å². The molecule has 2 heterocycles. The van der Waals surface area contributed by atoms with Crippen molar-refractivity contribution in [2.75, 3.05) is 7.11 Å². The number of hydrogen-bond donors (Lipinski definition) is 0. The molecule has 3 aromatic rings. The Morgan fingerprint density at radius 3 is 2.59 bits per heavy atom. The minimum atomic E-state index is -0.274. The van der Waals surface area contributed by atoms with E-state index in [1.165, 1.54) is 12.1 Å². The van der Waals surface area contributed by atoms with E-state index in [9.17, 15) is 9.18 Å². The highest BCUT2D eigenvalue weighted by Crippen LogP contribution is 2.32. The number of aryl methyl sites for hydroxylation is 1. The van der Waals surface area contributed by atoms with Gasteiger partial charge in [0, 0.05) is 24.4 Å². The topological polar surface area (TPSA) is 47.4 Å². The average molecular weight is 434 g/mol. The second-order valence-electron chi connectivity index (χ2n) is 8.50. The quantitative estimate of drug-likeness (QED) is 0.522. The van der Waals surface area contributed by atoms with Crippen molar-refractivity contribution in [2.45, 2.75) is 39.8 Å². The van der Waals surface area contributed by atoms with Crippen LogP contribution < -0.4 is 4.74 Å². The molecular weight excluding hydrogens is 405 g/mol. The fourth-order valence-electron chi connectivity index (χ4n) is 4.29. The van der Waals surface area contributed by atoms with E-state index in [-0.39, 0.29) is 23.7 Å². The number of carbonyl (C=O) groups is 1. The van der Waals surface area contributed by atoms with E-state index in [0.29, 0.717) is 12.3 Å². The number of amides is 1. The molecule has 0 N–H and O–H groups in total.